The predicted octanol–water partition coefficient (Wildman–Crippen LogP) is 2.04. The summed E-state index contributed by atoms with van der Waals surface area (Å²) in [6, 6.07) is 7.89. The van der Waals surface area contributed by atoms with Crippen molar-refractivity contribution < 1.29 is 9.53 Å². The highest BCUT2D eigenvalue weighted by atomic mass is 32.1. The Morgan fingerprint density at radius 3 is 2.76 bits per heavy atom. The van der Waals surface area contributed by atoms with Crippen LogP contribution in [0.25, 0.3) is 0 Å². The van der Waals surface area contributed by atoms with E-state index in [4.69, 9.17) is 4.74 Å². The summed E-state index contributed by atoms with van der Waals surface area (Å²) in [4.78, 5) is 25.9. The van der Waals surface area contributed by atoms with E-state index in [9.17, 15) is 9.59 Å². The molecule has 0 spiro atoms. The molecule has 0 aliphatic rings. The van der Waals surface area contributed by atoms with E-state index in [0.717, 1.165) is 28.3 Å². The number of carbonyl (C=O) groups excluding carboxylic acids is 1. The van der Waals surface area contributed by atoms with Gasteiger partial charge in [-0.2, -0.15) is 0 Å². The largest absolute Gasteiger partial charge is 0.497 e. The third-order valence-electron chi connectivity index (χ3n) is 4.13. The normalized spacial score (nSPS) is 12.2. The summed E-state index contributed by atoms with van der Waals surface area (Å²) in [6.45, 7) is 2.78. The Hall–Kier alpha value is -2.12. The molecule has 25 heavy (non-hydrogen) atoms. The van der Waals surface area contributed by atoms with E-state index in [0.29, 0.717) is 13.1 Å². The molecule has 1 aromatic heterocycles. The highest BCUT2D eigenvalue weighted by molar-refractivity contribution is 7.07. The molecule has 1 amide bonds. The number of aromatic nitrogens is 1. The molecule has 0 aliphatic heterocycles. The molecule has 1 atom stereocenters. The Balaban J connectivity index is 1.94. The van der Waals surface area contributed by atoms with Crippen molar-refractivity contribution in [1.82, 2.24) is 14.8 Å². The number of hydrogen-bond donors (Lipinski definition) is 1. The first kappa shape index (κ1) is 19.2. The maximum Gasteiger partial charge on any atom is 0.307 e. The number of amides is 1. The topological polar surface area (TPSA) is 63.6 Å². The monoisotopic (exact) mass is 363 g/mol. The zero-order valence-corrected chi connectivity index (χ0v) is 15.9. The summed E-state index contributed by atoms with van der Waals surface area (Å²) in [7, 11) is 5.59. The molecule has 6 nitrogen and oxygen atoms in total. The maximum atomic E-state index is 12.2. The van der Waals surface area contributed by atoms with Gasteiger partial charge in [0, 0.05) is 30.6 Å². The van der Waals surface area contributed by atoms with E-state index in [-0.39, 0.29) is 23.2 Å². The average molecular weight is 363 g/mol. The van der Waals surface area contributed by atoms with Crippen molar-refractivity contribution >= 4 is 17.2 Å². The van der Waals surface area contributed by atoms with Crippen molar-refractivity contribution in [2.45, 2.75) is 25.9 Å². The number of likely N-dealkylation sites (N-methyl/N-ethyl adjacent to an activating group) is 1. The lowest BCUT2D eigenvalue weighted by atomic mass is 10.1. The van der Waals surface area contributed by atoms with Gasteiger partial charge in [0.05, 0.1) is 13.2 Å². The molecule has 0 bridgehead atoms. The summed E-state index contributed by atoms with van der Waals surface area (Å²) in [5.41, 5.74) is 1.97. The van der Waals surface area contributed by atoms with Crippen LogP contribution in [0, 0.1) is 6.92 Å². The van der Waals surface area contributed by atoms with E-state index in [2.05, 4.69) is 10.2 Å². The number of nitrogens with zero attached hydrogens (tertiary/aromatic N) is 2. The smallest absolute Gasteiger partial charge is 0.307 e. The van der Waals surface area contributed by atoms with Crippen LogP contribution in [0.3, 0.4) is 0 Å². The summed E-state index contributed by atoms with van der Waals surface area (Å²) >= 11 is 1.16. The summed E-state index contributed by atoms with van der Waals surface area (Å²) < 4.78 is 6.91. The minimum absolute atomic E-state index is 0.0205. The number of aryl methyl sites for hydroxylation is 1. The van der Waals surface area contributed by atoms with E-state index >= 15 is 0 Å². The fraction of sp³-hybridized carbons (Fsp3) is 0.444. The Morgan fingerprint density at radius 2 is 2.16 bits per heavy atom. The Labute approximate surface area is 152 Å². The first-order chi connectivity index (χ1) is 11.9. The number of thiazole rings is 1. The lowest BCUT2D eigenvalue weighted by Gasteiger charge is -2.25. The van der Waals surface area contributed by atoms with Crippen molar-refractivity contribution in [3.05, 3.63) is 50.6 Å². The molecule has 0 aliphatic carbocycles. The third kappa shape index (κ3) is 5.17. The molecule has 0 fully saturated rings. The molecule has 2 aromatic rings. The first-order valence-electron chi connectivity index (χ1n) is 8.14. The van der Waals surface area contributed by atoms with Crippen LogP contribution >= 0.6 is 11.3 Å². The molecule has 1 N–H and O–H groups in total. The van der Waals surface area contributed by atoms with E-state index in [1.54, 1.807) is 11.7 Å². The molecule has 2 rings (SSSR count). The Morgan fingerprint density at radius 1 is 1.40 bits per heavy atom. The van der Waals surface area contributed by atoms with Crippen molar-refractivity contribution in [2.75, 3.05) is 27.7 Å². The molecule has 7 heteroatoms. The number of hydrogen-bond acceptors (Lipinski definition) is 5. The fourth-order valence-electron chi connectivity index (χ4n) is 2.63. The standard InChI is InChI=1S/C18H25N3O3S/c1-13-12-25-18(23)21(13)9-8-17(22)19-11-16(20(2)3)14-6-5-7-15(10-14)24-4/h5-7,10,12,16H,8-9,11H2,1-4H3,(H,19,22). The zero-order valence-electron chi connectivity index (χ0n) is 15.1. The maximum absolute atomic E-state index is 12.2. The van der Waals surface area contributed by atoms with Gasteiger partial charge in [0.2, 0.25) is 5.91 Å². The van der Waals surface area contributed by atoms with Crippen molar-refractivity contribution in [1.29, 1.82) is 0 Å². The minimum Gasteiger partial charge on any atom is -0.497 e. The molecule has 0 saturated carbocycles. The third-order valence-corrected chi connectivity index (χ3v) is 5.01. The number of carbonyl (C=O) groups is 1. The van der Waals surface area contributed by atoms with E-state index < -0.39 is 0 Å². The number of benzene rings is 1. The lowest BCUT2D eigenvalue weighted by molar-refractivity contribution is -0.121. The van der Waals surface area contributed by atoms with Crippen LogP contribution in [0.4, 0.5) is 0 Å². The van der Waals surface area contributed by atoms with Gasteiger partial charge in [0.15, 0.2) is 0 Å². The summed E-state index contributed by atoms with van der Waals surface area (Å²) in [6.07, 6.45) is 0.287. The van der Waals surface area contributed by atoms with Crippen molar-refractivity contribution in [3.8, 4) is 5.75 Å². The van der Waals surface area contributed by atoms with Gasteiger partial charge in [-0.15, -0.1) is 0 Å². The highest BCUT2D eigenvalue weighted by Gasteiger charge is 2.16. The van der Waals surface area contributed by atoms with Gasteiger partial charge < -0.3 is 19.5 Å². The van der Waals surface area contributed by atoms with E-state index in [1.807, 2.05) is 50.7 Å². The van der Waals surface area contributed by atoms with Crippen LogP contribution in [0.5, 0.6) is 5.75 Å². The van der Waals surface area contributed by atoms with E-state index in [1.165, 1.54) is 0 Å². The minimum atomic E-state index is -0.0627. The number of rotatable bonds is 8. The summed E-state index contributed by atoms with van der Waals surface area (Å²) in [5.74, 6) is 0.732. The van der Waals surface area contributed by atoms with Crippen LogP contribution in [0.15, 0.2) is 34.4 Å². The first-order valence-corrected chi connectivity index (χ1v) is 9.02. The molecule has 1 heterocycles. The van der Waals surface area contributed by atoms with Gasteiger partial charge in [-0.25, -0.2) is 0 Å². The lowest BCUT2D eigenvalue weighted by Crippen LogP contribution is -2.35. The highest BCUT2D eigenvalue weighted by Crippen LogP contribution is 2.22. The van der Waals surface area contributed by atoms with Gasteiger partial charge in [0.1, 0.15) is 5.75 Å². The molecule has 0 saturated heterocycles. The molecule has 1 aromatic carbocycles. The van der Waals surface area contributed by atoms with Gasteiger partial charge in [-0.05, 0) is 38.7 Å². The van der Waals surface area contributed by atoms with Gasteiger partial charge >= 0.3 is 4.87 Å². The SMILES string of the molecule is COc1cccc(C(CNC(=O)CCn2c(C)csc2=O)N(C)C)c1. The zero-order chi connectivity index (χ0) is 18.4. The van der Waals surface area contributed by atoms with Crippen LogP contribution in [0.1, 0.15) is 23.7 Å². The Bertz CT molecular complexity index is 767. The second-order valence-electron chi connectivity index (χ2n) is 6.10. The Kier molecular flexibility index (Phi) is 6.78. The van der Waals surface area contributed by atoms with Crippen LogP contribution in [-0.4, -0.2) is 43.1 Å². The van der Waals surface area contributed by atoms with Crippen LogP contribution < -0.4 is 14.9 Å². The second kappa shape index (κ2) is 8.82. The second-order valence-corrected chi connectivity index (χ2v) is 6.93. The average Bonchev–Trinajstić information content (AvgIpc) is 2.91. The summed E-state index contributed by atoms with van der Waals surface area (Å²) in [5, 5.41) is 4.78. The van der Waals surface area contributed by atoms with Crippen LogP contribution in [-0.2, 0) is 11.3 Å². The quantitative estimate of drug-likeness (QED) is 0.780. The van der Waals surface area contributed by atoms with Crippen LogP contribution in [0.2, 0.25) is 0 Å². The number of ether oxygens (including phenoxy) is 1. The van der Waals surface area contributed by atoms with Gasteiger partial charge in [-0.1, -0.05) is 23.5 Å². The van der Waals surface area contributed by atoms with Crippen molar-refractivity contribution in [2.24, 2.45) is 0 Å². The molecule has 0 radical (unpaired) electrons. The predicted molar refractivity (Wildman–Crippen MR) is 100 cm³/mol. The number of methoxy groups -OCH3 is 1. The molecular weight excluding hydrogens is 338 g/mol. The van der Waals surface area contributed by atoms with Gasteiger partial charge in [0.25, 0.3) is 0 Å². The van der Waals surface area contributed by atoms with Crippen molar-refractivity contribution in [3.63, 3.8) is 0 Å². The molecule has 136 valence electrons. The fourth-order valence-corrected chi connectivity index (χ4v) is 3.40. The molecule has 1 unspecified atom stereocenters. The molecular formula is C18H25N3O3S. The van der Waals surface area contributed by atoms with Gasteiger partial charge in [-0.3, -0.25) is 9.59 Å². The number of nitrogens with one attached hydrogen (secondary N) is 1.